The molecule has 14 nitrogen and oxygen atoms in total. The number of carbonyl (C=O) groups excluding carboxylic acids is 4. The van der Waals surface area contributed by atoms with Gasteiger partial charge in [0.1, 0.15) is 41.4 Å². The third kappa shape index (κ3) is 7.77. The van der Waals surface area contributed by atoms with Crippen LogP contribution in [0.5, 0.6) is 11.6 Å². The Hall–Kier alpha value is -4.47. The number of halogens is 1. The van der Waals surface area contributed by atoms with Crippen molar-refractivity contribution in [1.29, 1.82) is 0 Å². The van der Waals surface area contributed by atoms with Gasteiger partial charge in [-0.1, -0.05) is 26.0 Å². The number of hydrogen-bond acceptors (Lipinski definition) is 10. The molecule has 1 saturated heterocycles. The molecule has 2 unspecified atom stereocenters. The summed E-state index contributed by atoms with van der Waals surface area (Å²) in [5, 5.41) is 6.63. The zero-order chi connectivity index (χ0) is 40.4. The van der Waals surface area contributed by atoms with Crippen molar-refractivity contribution < 1.29 is 50.5 Å². The maximum atomic E-state index is 14.9. The summed E-state index contributed by atoms with van der Waals surface area (Å²) in [5.41, 5.74) is -1.56. The number of sulfonamides is 1. The van der Waals surface area contributed by atoms with Gasteiger partial charge in [0.05, 0.1) is 23.8 Å². The van der Waals surface area contributed by atoms with E-state index in [2.05, 4.69) is 27.3 Å². The van der Waals surface area contributed by atoms with Gasteiger partial charge in [-0.2, -0.15) is 0 Å². The van der Waals surface area contributed by atoms with Crippen LogP contribution in [-0.4, -0.2) is 90.3 Å². The molecule has 0 radical (unpaired) electrons. The third-order valence-electron chi connectivity index (χ3n) is 13.3. The second-order valence-electron chi connectivity index (χ2n) is 17.7. The molecule has 2 aliphatic heterocycles. The van der Waals surface area contributed by atoms with E-state index in [1.54, 1.807) is 13.0 Å². The minimum Gasteiger partial charge on any atom is -0.496 e. The molecule has 5 fully saturated rings. The van der Waals surface area contributed by atoms with E-state index in [9.17, 15) is 32.0 Å². The Morgan fingerprint density at radius 1 is 1.05 bits per heavy atom. The number of nitrogens with one attached hydrogen (secondary N) is 3. The van der Waals surface area contributed by atoms with E-state index in [-0.39, 0.29) is 53.2 Å². The molecule has 4 saturated carbocycles. The number of ether oxygens (including phenoxy) is 3. The molecule has 9 atom stereocenters. The number of carbonyl (C=O) groups is 4. The van der Waals surface area contributed by atoms with E-state index < -0.39 is 74.0 Å². The lowest BCUT2D eigenvalue weighted by Gasteiger charge is -2.33. The Bertz CT molecular complexity index is 2120. The summed E-state index contributed by atoms with van der Waals surface area (Å²) in [6.07, 6.45) is 9.33. The number of amides is 4. The molecule has 2 aromatic rings. The summed E-state index contributed by atoms with van der Waals surface area (Å²) in [5.74, 6) is -1.76. The van der Waals surface area contributed by atoms with Crippen LogP contribution in [0.3, 0.4) is 0 Å². The number of pyridine rings is 1. The quantitative estimate of drug-likeness (QED) is 0.298. The second kappa shape index (κ2) is 14.7. The maximum absolute atomic E-state index is 14.9. The van der Waals surface area contributed by atoms with Gasteiger partial charge in [-0.05, 0) is 101 Å². The van der Waals surface area contributed by atoms with Crippen molar-refractivity contribution in [3.63, 3.8) is 0 Å². The molecule has 0 bridgehead atoms. The Balaban J connectivity index is 0.00000228. The average molecular weight is 816 g/mol. The zero-order valence-electron chi connectivity index (χ0n) is 32.8. The van der Waals surface area contributed by atoms with Crippen molar-refractivity contribution in [2.45, 2.75) is 120 Å². The summed E-state index contributed by atoms with van der Waals surface area (Å²) in [7, 11) is -2.60. The number of fused-ring (bicyclic) bond motifs is 4. The van der Waals surface area contributed by atoms with Crippen LogP contribution >= 0.6 is 0 Å². The van der Waals surface area contributed by atoms with E-state index in [1.165, 1.54) is 30.3 Å². The number of hydrogen-bond donors (Lipinski definition) is 3. The van der Waals surface area contributed by atoms with Crippen LogP contribution in [0, 0.1) is 35.4 Å². The first-order valence-corrected chi connectivity index (χ1v) is 21.7. The first kappa shape index (κ1) is 39.4. The highest BCUT2D eigenvalue weighted by Gasteiger charge is 2.63. The van der Waals surface area contributed by atoms with Gasteiger partial charge in [0, 0.05) is 34.3 Å². The molecule has 0 spiro atoms. The van der Waals surface area contributed by atoms with Crippen LogP contribution < -0.4 is 24.8 Å². The van der Waals surface area contributed by atoms with Gasteiger partial charge in [-0.25, -0.2) is 22.6 Å². The largest absolute Gasteiger partial charge is 0.496 e. The topological polar surface area (TPSA) is 182 Å². The van der Waals surface area contributed by atoms with E-state index in [1.807, 2.05) is 19.1 Å². The average Bonchev–Trinajstić information content (AvgIpc) is 4.12. The number of alkyl carbamates (subject to hydrolysis) is 1. The van der Waals surface area contributed by atoms with Crippen molar-refractivity contribution in [2.24, 2.45) is 29.6 Å². The molecule has 57 heavy (non-hydrogen) atoms. The fourth-order valence-corrected chi connectivity index (χ4v) is 10.6. The number of aromatic nitrogens is 1. The Morgan fingerprint density at radius 2 is 1.81 bits per heavy atom. The predicted octanol–water partition coefficient (Wildman–Crippen LogP) is 5.25. The second-order valence-corrected chi connectivity index (χ2v) is 19.9. The van der Waals surface area contributed by atoms with E-state index in [0.29, 0.717) is 48.3 Å². The summed E-state index contributed by atoms with van der Waals surface area (Å²) in [6.45, 7) is 5.45. The first-order chi connectivity index (χ1) is 27.1. The molecule has 1 aromatic carbocycles. The minimum absolute atomic E-state index is 0. The van der Waals surface area contributed by atoms with Gasteiger partial charge in [-0.15, -0.1) is 0 Å². The highest BCUT2D eigenvalue weighted by atomic mass is 32.2. The minimum atomic E-state index is -4.02. The molecule has 16 heteroatoms. The lowest BCUT2D eigenvalue weighted by atomic mass is 9.88. The predicted molar refractivity (Wildman–Crippen MR) is 212 cm³/mol. The Labute approximate surface area is 336 Å². The van der Waals surface area contributed by atoms with Gasteiger partial charge in [0.25, 0.3) is 5.91 Å². The van der Waals surface area contributed by atoms with Gasteiger partial charge in [-0.3, -0.25) is 19.1 Å². The monoisotopic (exact) mass is 815 g/mol. The standard InChI is InChI=1S/C41H52FN5O9S.3H2/c1-22-7-5-6-8-26-20-41(26,38(50)46-57(52,53)40(3)10-11-40)45-35(48)32-19-29(55-36-31-17-27(42)18-33(54-4)30(31)9-12-43-36)21-47(32)37(49)34(23(2)13-22)44-39(51)56-28-15-24-14-25(24)16-28;;;/h6,8-9,12,17-18,22-26,28-29,32,34H,5,7,10-11,13-16,19-21H2,1-4H3,(H,44,51)(H,45,48)(H,46,50);3*1H/b8-6-;;;/t22-,23-,24?,25?,26-,28?,29-,32+,34+,41-;;;/m1.../s1. The smallest absolute Gasteiger partial charge is 0.408 e. The molecule has 4 amide bonds. The number of allylic oxidation sites excluding steroid dienone is 1. The molecule has 314 valence electrons. The van der Waals surface area contributed by atoms with Crippen LogP contribution in [0.2, 0.25) is 0 Å². The Morgan fingerprint density at radius 3 is 2.53 bits per heavy atom. The number of methoxy groups -OCH3 is 1. The normalized spacial score (nSPS) is 35.0. The highest BCUT2D eigenvalue weighted by Crippen LogP contribution is 2.52. The van der Waals surface area contributed by atoms with Crippen LogP contribution in [0.15, 0.2) is 36.5 Å². The molecule has 3 heterocycles. The van der Waals surface area contributed by atoms with E-state index in [4.69, 9.17) is 14.2 Å². The molecular formula is C41H58FN5O9S. The molecule has 6 aliphatic rings. The molecular weight excluding hydrogens is 758 g/mol. The summed E-state index contributed by atoms with van der Waals surface area (Å²) >= 11 is 0. The first-order valence-electron chi connectivity index (χ1n) is 20.2. The van der Waals surface area contributed by atoms with Gasteiger partial charge in [0.2, 0.25) is 27.7 Å². The van der Waals surface area contributed by atoms with Gasteiger partial charge in [0.15, 0.2) is 0 Å². The van der Waals surface area contributed by atoms with Crippen LogP contribution in [0.1, 0.15) is 89.3 Å². The number of rotatable bonds is 8. The van der Waals surface area contributed by atoms with Gasteiger partial charge < -0.3 is 29.7 Å². The lowest BCUT2D eigenvalue weighted by Crippen LogP contribution is -2.59. The summed E-state index contributed by atoms with van der Waals surface area (Å²) in [6, 6.07) is 1.94. The van der Waals surface area contributed by atoms with Crippen LogP contribution in [0.4, 0.5) is 9.18 Å². The fourth-order valence-electron chi connectivity index (χ4n) is 9.28. The number of nitrogens with zero attached hydrogens (tertiary/aromatic N) is 2. The van der Waals surface area contributed by atoms with E-state index in [0.717, 1.165) is 25.7 Å². The van der Waals surface area contributed by atoms with Crippen molar-refractivity contribution in [3.8, 4) is 11.6 Å². The highest BCUT2D eigenvalue weighted by molar-refractivity contribution is 7.91. The third-order valence-corrected chi connectivity index (χ3v) is 15.4. The van der Waals surface area contributed by atoms with Crippen molar-refractivity contribution >= 4 is 44.6 Å². The summed E-state index contributed by atoms with van der Waals surface area (Å²) in [4.78, 5) is 62.5. The number of benzene rings is 1. The maximum Gasteiger partial charge on any atom is 0.408 e. The summed E-state index contributed by atoms with van der Waals surface area (Å²) < 4.78 is 59.9. The molecule has 3 N–H and O–H groups in total. The lowest BCUT2D eigenvalue weighted by molar-refractivity contribution is -0.142. The fraction of sp³-hybridized carbons (Fsp3) is 0.634. The zero-order valence-corrected chi connectivity index (χ0v) is 33.6. The van der Waals surface area contributed by atoms with E-state index >= 15 is 0 Å². The molecule has 8 rings (SSSR count). The molecule has 1 aromatic heterocycles. The van der Waals surface area contributed by atoms with Gasteiger partial charge >= 0.3 is 6.09 Å². The van der Waals surface area contributed by atoms with Crippen molar-refractivity contribution in [1.82, 2.24) is 25.2 Å². The SMILES string of the molecule is COc1cc(F)cc2c(O[C@@H]3C[C@H]4C(=O)N[C@]5(C(=O)NS(=O)(=O)C6(C)CC6)C[C@H]5/C=C\CC[C@@H](C)C[C@@H](C)[C@H](NC(=O)OC5CC6CC6C5)C(=O)N4C3)nccc12.[HH].[HH].[HH]. The molecule has 4 aliphatic carbocycles. The van der Waals surface area contributed by atoms with Crippen LogP contribution in [0.25, 0.3) is 10.8 Å². The van der Waals surface area contributed by atoms with Crippen molar-refractivity contribution in [3.05, 3.63) is 42.4 Å². The Kier molecular flexibility index (Phi) is 10.2. The van der Waals surface area contributed by atoms with Crippen LogP contribution in [-0.2, 0) is 29.1 Å². The van der Waals surface area contributed by atoms with Crippen molar-refractivity contribution in [2.75, 3.05) is 13.7 Å².